The van der Waals surface area contributed by atoms with Crippen LogP contribution in [0.4, 0.5) is 0 Å². The van der Waals surface area contributed by atoms with Crippen molar-refractivity contribution in [3.05, 3.63) is 23.0 Å². The first kappa shape index (κ1) is 16.1. The van der Waals surface area contributed by atoms with Crippen LogP contribution in [0.1, 0.15) is 53.8 Å². The average molecular weight is 317 g/mol. The van der Waals surface area contributed by atoms with Gasteiger partial charge < -0.3 is 14.8 Å². The summed E-state index contributed by atoms with van der Waals surface area (Å²) in [6.07, 6.45) is 4.82. The Bertz CT molecular complexity index is 579. The summed E-state index contributed by atoms with van der Waals surface area (Å²) in [7, 11) is 0. The summed E-state index contributed by atoms with van der Waals surface area (Å²) in [6, 6.07) is 2.01. The van der Waals surface area contributed by atoms with Crippen molar-refractivity contribution in [1.29, 1.82) is 0 Å². The molecular weight excluding hydrogens is 290 g/mol. The van der Waals surface area contributed by atoms with E-state index in [9.17, 15) is 9.59 Å². The maximum atomic E-state index is 12.6. The second-order valence-electron chi connectivity index (χ2n) is 7.04. The maximum absolute atomic E-state index is 12.6. The summed E-state index contributed by atoms with van der Waals surface area (Å²) in [6.45, 7) is 7.32. The second kappa shape index (κ2) is 6.77. The molecule has 0 unspecified atom stereocenters. The molecule has 5 nitrogen and oxygen atoms in total. The van der Waals surface area contributed by atoms with Gasteiger partial charge in [-0.1, -0.05) is 0 Å². The number of H-pyrrole nitrogens is 1. The lowest BCUT2D eigenvalue weighted by molar-refractivity contribution is -0.131. The van der Waals surface area contributed by atoms with Gasteiger partial charge in [0.15, 0.2) is 0 Å². The minimum Gasteiger partial charge on any atom is -0.354 e. The number of hydrogen-bond donors (Lipinski definition) is 1. The molecule has 5 heteroatoms. The van der Waals surface area contributed by atoms with E-state index in [4.69, 9.17) is 0 Å². The van der Waals surface area contributed by atoms with Crippen LogP contribution in [0.3, 0.4) is 0 Å². The molecule has 2 amide bonds. The number of carbonyl (C=O) groups is 2. The molecule has 0 aliphatic carbocycles. The van der Waals surface area contributed by atoms with Crippen molar-refractivity contribution in [3.63, 3.8) is 0 Å². The quantitative estimate of drug-likeness (QED) is 0.931. The van der Waals surface area contributed by atoms with E-state index in [-0.39, 0.29) is 5.91 Å². The summed E-state index contributed by atoms with van der Waals surface area (Å²) in [5.74, 6) is 0.835. The molecule has 0 radical (unpaired) electrons. The van der Waals surface area contributed by atoms with Crippen LogP contribution in [-0.4, -0.2) is 52.8 Å². The van der Waals surface area contributed by atoms with Crippen LogP contribution >= 0.6 is 0 Å². The van der Waals surface area contributed by atoms with Crippen LogP contribution in [-0.2, 0) is 4.79 Å². The van der Waals surface area contributed by atoms with Crippen molar-refractivity contribution in [2.24, 2.45) is 5.92 Å². The number of aromatic nitrogens is 1. The normalized spacial score (nSPS) is 19.4. The number of rotatable bonds is 3. The number of hydrogen-bond acceptors (Lipinski definition) is 2. The molecule has 3 rings (SSSR count). The van der Waals surface area contributed by atoms with Gasteiger partial charge in [0.05, 0.1) is 0 Å². The van der Waals surface area contributed by atoms with Crippen molar-refractivity contribution < 1.29 is 9.59 Å². The van der Waals surface area contributed by atoms with Crippen molar-refractivity contribution in [3.8, 4) is 0 Å². The van der Waals surface area contributed by atoms with E-state index in [1.165, 1.54) is 0 Å². The van der Waals surface area contributed by atoms with Crippen molar-refractivity contribution in [1.82, 2.24) is 14.8 Å². The highest BCUT2D eigenvalue weighted by atomic mass is 16.2. The van der Waals surface area contributed by atoms with E-state index in [1.807, 2.05) is 29.7 Å². The van der Waals surface area contributed by atoms with Crippen LogP contribution in [0.5, 0.6) is 0 Å². The SMILES string of the molecule is Cc1cc(C)c(C(=O)N2CCC(CC(=O)N3CCCC3)CC2)[nH]1. The smallest absolute Gasteiger partial charge is 0.270 e. The molecule has 1 N–H and O–H groups in total. The molecular formula is C18H27N3O2. The number of nitrogens with one attached hydrogen (secondary N) is 1. The maximum Gasteiger partial charge on any atom is 0.270 e. The van der Waals surface area contributed by atoms with E-state index in [2.05, 4.69) is 4.98 Å². The van der Waals surface area contributed by atoms with Crippen LogP contribution in [0.25, 0.3) is 0 Å². The Labute approximate surface area is 138 Å². The molecule has 1 aromatic heterocycles. The Balaban J connectivity index is 1.51. The van der Waals surface area contributed by atoms with E-state index in [0.717, 1.165) is 63.1 Å². The molecule has 2 saturated heterocycles. The Morgan fingerprint density at radius 3 is 2.30 bits per heavy atom. The van der Waals surface area contributed by atoms with Crippen molar-refractivity contribution in [2.75, 3.05) is 26.2 Å². The van der Waals surface area contributed by atoms with Gasteiger partial charge in [0.25, 0.3) is 5.91 Å². The van der Waals surface area contributed by atoms with Crippen LogP contribution in [0.15, 0.2) is 6.07 Å². The minimum atomic E-state index is 0.0971. The standard InChI is InChI=1S/C18H27N3O2/c1-13-11-14(2)19-17(13)18(23)21-9-5-15(6-10-21)12-16(22)20-7-3-4-8-20/h11,15,19H,3-10,12H2,1-2H3. The third-order valence-corrected chi connectivity index (χ3v) is 5.19. The molecule has 126 valence electrons. The number of piperidine rings is 1. The molecule has 1 aromatic rings. The zero-order valence-electron chi connectivity index (χ0n) is 14.2. The monoisotopic (exact) mass is 317 g/mol. The molecule has 2 fully saturated rings. The van der Waals surface area contributed by atoms with E-state index in [0.29, 0.717) is 23.9 Å². The molecule has 2 aliphatic rings. The van der Waals surface area contributed by atoms with Crippen molar-refractivity contribution in [2.45, 2.75) is 46.0 Å². The third-order valence-electron chi connectivity index (χ3n) is 5.19. The minimum absolute atomic E-state index is 0.0971. The van der Waals surface area contributed by atoms with Crippen LogP contribution < -0.4 is 0 Å². The topological polar surface area (TPSA) is 56.4 Å². The Kier molecular flexibility index (Phi) is 4.74. The zero-order valence-corrected chi connectivity index (χ0v) is 14.2. The highest BCUT2D eigenvalue weighted by Gasteiger charge is 2.28. The highest BCUT2D eigenvalue weighted by Crippen LogP contribution is 2.24. The molecule has 0 saturated carbocycles. The van der Waals surface area contributed by atoms with Gasteiger partial charge in [-0.05, 0) is 57.1 Å². The summed E-state index contributed by atoms with van der Waals surface area (Å²) in [5, 5.41) is 0. The molecule has 0 aromatic carbocycles. The summed E-state index contributed by atoms with van der Waals surface area (Å²) in [5.41, 5.74) is 2.75. The third kappa shape index (κ3) is 3.59. The predicted molar refractivity (Wildman–Crippen MR) is 89.3 cm³/mol. The van der Waals surface area contributed by atoms with Crippen LogP contribution in [0, 0.1) is 19.8 Å². The number of nitrogens with zero attached hydrogens (tertiary/aromatic N) is 2. The lowest BCUT2D eigenvalue weighted by Gasteiger charge is -2.32. The summed E-state index contributed by atoms with van der Waals surface area (Å²) in [4.78, 5) is 31.9. The first-order chi connectivity index (χ1) is 11.0. The first-order valence-electron chi connectivity index (χ1n) is 8.78. The molecule has 0 spiro atoms. The number of carbonyl (C=O) groups excluding carboxylic acids is 2. The largest absolute Gasteiger partial charge is 0.354 e. The van der Waals surface area contributed by atoms with Gasteiger partial charge in [-0.15, -0.1) is 0 Å². The summed E-state index contributed by atoms with van der Waals surface area (Å²) >= 11 is 0. The van der Waals surface area contributed by atoms with Gasteiger partial charge in [-0.3, -0.25) is 9.59 Å². The van der Waals surface area contributed by atoms with Gasteiger partial charge in [0.1, 0.15) is 5.69 Å². The number of amides is 2. The Morgan fingerprint density at radius 1 is 1.09 bits per heavy atom. The number of likely N-dealkylation sites (tertiary alicyclic amines) is 2. The molecule has 0 atom stereocenters. The molecule has 0 bridgehead atoms. The van der Waals surface area contributed by atoms with Gasteiger partial charge in [0, 0.05) is 38.3 Å². The lowest BCUT2D eigenvalue weighted by Crippen LogP contribution is -2.40. The predicted octanol–water partition coefficient (Wildman–Crippen LogP) is 2.50. The fourth-order valence-electron chi connectivity index (χ4n) is 3.79. The van der Waals surface area contributed by atoms with E-state index < -0.39 is 0 Å². The fraction of sp³-hybridized carbons (Fsp3) is 0.667. The lowest BCUT2D eigenvalue weighted by atomic mass is 9.92. The Hall–Kier alpha value is -1.78. The van der Waals surface area contributed by atoms with E-state index in [1.54, 1.807) is 0 Å². The van der Waals surface area contributed by atoms with Gasteiger partial charge in [0.2, 0.25) is 5.91 Å². The zero-order chi connectivity index (χ0) is 16.4. The van der Waals surface area contributed by atoms with E-state index >= 15 is 0 Å². The molecule has 3 heterocycles. The highest BCUT2D eigenvalue weighted by molar-refractivity contribution is 5.94. The number of aromatic amines is 1. The first-order valence-corrected chi connectivity index (χ1v) is 8.78. The number of aryl methyl sites for hydroxylation is 2. The van der Waals surface area contributed by atoms with Gasteiger partial charge in [-0.2, -0.15) is 0 Å². The summed E-state index contributed by atoms with van der Waals surface area (Å²) < 4.78 is 0. The fourth-order valence-corrected chi connectivity index (χ4v) is 3.79. The van der Waals surface area contributed by atoms with Gasteiger partial charge >= 0.3 is 0 Å². The molecule has 2 aliphatic heterocycles. The van der Waals surface area contributed by atoms with Crippen molar-refractivity contribution >= 4 is 11.8 Å². The molecule has 23 heavy (non-hydrogen) atoms. The van der Waals surface area contributed by atoms with Gasteiger partial charge in [-0.25, -0.2) is 0 Å². The Morgan fingerprint density at radius 2 is 1.74 bits per heavy atom. The average Bonchev–Trinajstić information content (AvgIpc) is 3.17. The second-order valence-corrected chi connectivity index (χ2v) is 7.04. The van der Waals surface area contributed by atoms with Crippen LogP contribution in [0.2, 0.25) is 0 Å².